The Bertz CT molecular complexity index is 402. The highest BCUT2D eigenvalue weighted by Crippen LogP contribution is 2.48. The molecule has 0 radical (unpaired) electrons. The van der Waals surface area contributed by atoms with Crippen molar-refractivity contribution in [2.45, 2.75) is 79.2 Å². The largest absolute Gasteiger partial charge is 0.249 e. The lowest BCUT2D eigenvalue weighted by Crippen LogP contribution is -2.06. The van der Waals surface area contributed by atoms with Crippen molar-refractivity contribution in [3.63, 3.8) is 0 Å². The number of aromatic nitrogens is 3. The van der Waals surface area contributed by atoms with E-state index < -0.39 is 0 Å². The van der Waals surface area contributed by atoms with E-state index >= 15 is 0 Å². The fraction of sp³-hybridized carbons (Fsp3) is 0.889. The fourth-order valence-corrected chi connectivity index (χ4v) is 3.46. The average Bonchev–Trinajstić information content (AvgIpc) is 2.85. The number of nitrogens with zero attached hydrogens (tertiary/aromatic N) is 3. The van der Waals surface area contributed by atoms with Crippen LogP contribution in [0.25, 0.3) is 0 Å². The van der Waals surface area contributed by atoms with Crippen LogP contribution in [0.3, 0.4) is 0 Å². The van der Waals surface area contributed by atoms with E-state index in [0.29, 0.717) is 0 Å². The molecule has 0 spiro atoms. The molecule has 2 atom stereocenters. The highest BCUT2D eigenvalue weighted by molar-refractivity contribution is 4.94. The number of hydrogen-bond donors (Lipinski definition) is 0. The summed E-state index contributed by atoms with van der Waals surface area (Å²) in [7, 11) is 0. The van der Waals surface area contributed by atoms with Crippen molar-refractivity contribution in [2.24, 2.45) is 23.7 Å². The fourth-order valence-electron chi connectivity index (χ4n) is 3.46. The highest BCUT2D eigenvalue weighted by Gasteiger charge is 2.41. The summed E-state index contributed by atoms with van der Waals surface area (Å²) in [6.07, 6.45) is 11.0. The number of unbranched alkanes of at least 4 members (excludes halogenated alkanes) is 2. The molecule has 3 nitrogen and oxygen atoms in total. The van der Waals surface area contributed by atoms with Gasteiger partial charge in [0.15, 0.2) is 0 Å². The predicted molar refractivity (Wildman–Crippen MR) is 88.1 cm³/mol. The Hall–Kier alpha value is -0.860. The molecule has 0 amide bonds. The van der Waals surface area contributed by atoms with Crippen LogP contribution in [0, 0.1) is 23.7 Å². The van der Waals surface area contributed by atoms with Crippen molar-refractivity contribution in [3.05, 3.63) is 11.9 Å². The summed E-state index contributed by atoms with van der Waals surface area (Å²) in [6, 6.07) is 0. The zero-order valence-corrected chi connectivity index (χ0v) is 14.4. The smallest absolute Gasteiger partial charge is 0.0725 e. The van der Waals surface area contributed by atoms with Crippen LogP contribution < -0.4 is 0 Å². The Morgan fingerprint density at radius 2 is 1.86 bits per heavy atom. The molecular formula is C18H33N3. The Morgan fingerprint density at radius 3 is 2.52 bits per heavy atom. The maximum atomic E-state index is 4.25. The highest BCUT2D eigenvalue weighted by atomic mass is 15.4. The van der Waals surface area contributed by atoms with Gasteiger partial charge in [0.25, 0.3) is 0 Å². The molecule has 0 N–H and O–H groups in total. The molecule has 1 fully saturated rings. The van der Waals surface area contributed by atoms with Gasteiger partial charge in [-0.25, -0.2) is 4.68 Å². The van der Waals surface area contributed by atoms with Crippen molar-refractivity contribution >= 4 is 0 Å². The SMILES string of the molecule is CC(C)CCCc1cnnn1CCCCCC1C(C)C1C. The first-order chi connectivity index (χ1) is 10.1. The zero-order valence-electron chi connectivity index (χ0n) is 14.4. The van der Waals surface area contributed by atoms with Crippen molar-refractivity contribution in [2.75, 3.05) is 0 Å². The lowest BCUT2D eigenvalue weighted by atomic mass is 10.1. The topological polar surface area (TPSA) is 30.7 Å². The van der Waals surface area contributed by atoms with Gasteiger partial charge in [0.05, 0.1) is 11.9 Å². The standard InChI is InChI=1S/C18H33N3/c1-14(2)9-8-10-17-13-19-20-21(17)12-7-5-6-11-18-15(3)16(18)4/h13-16,18H,5-12H2,1-4H3. The first-order valence-electron chi connectivity index (χ1n) is 8.97. The normalized spacial score (nSPS) is 24.7. The molecule has 1 aromatic heterocycles. The van der Waals surface area contributed by atoms with E-state index in [9.17, 15) is 0 Å². The van der Waals surface area contributed by atoms with E-state index in [4.69, 9.17) is 0 Å². The van der Waals surface area contributed by atoms with Crippen molar-refractivity contribution < 1.29 is 0 Å². The van der Waals surface area contributed by atoms with E-state index in [1.54, 1.807) is 0 Å². The Labute approximate surface area is 130 Å². The Morgan fingerprint density at radius 1 is 1.10 bits per heavy atom. The summed E-state index contributed by atoms with van der Waals surface area (Å²) >= 11 is 0. The second-order valence-corrected chi connectivity index (χ2v) is 7.47. The van der Waals surface area contributed by atoms with Crippen LogP contribution in [0.2, 0.25) is 0 Å². The third-order valence-corrected chi connectivity index (χ3v) is 5.36. The van der Waals surface area contributed by atoms with Crippen molar-refractivity contribution in [3.8, 4) is 0 Å². The Kier molecular flexibility index (Phi) is 6.25. The van der Waals surface area contributed by atoms with Crippen LogP contribution in [-0.2, 0) is 13.0 Å². The molecule has 1 aliphatic rings. The zero-order chi connectivity index (χ0) is 15.2. The van der Waals surface area contributed by atoms with Gasteiger partial charge in [-0.15, -0.1) is 5.10 Å². The van der Waals surface area contributed by atoms with Gasteiger partial charge < -0.3 is 0 Å². The summed E-state index contributed by atoms with van der Waals surface area (Å²) in [5, 5.41) is 8.34. The average molecular weight is 291 g/mol. The Balaban J connectivity index is 1.59. The van der Waals surface area contributed by atoms with Crippen LogP contribution in [-0.4, -0.2) is 15.0 Å². The second-order valence-electron chi connectivity index (χ2n) is 7.47. The molecule has 1 aromatic rings. The molecule has 2 unspecified atom stereocenters. The molecule has 2 rings (SSSR count). The van der Waals surface area contributed by atoms with Crippen LogP contribution in [0.15, 0.2) is 6.20 Å². The third kappa shape index (κ3) is 5.12. The van der Waals surface area contributed by atoms with Crippen LogP contribution in [0.5, 0.6) is 0 Å². The summed E-state index contributed by atoms with van der Waals surface area (Å²) in [5.41, 5.74) is 1.32. The van der Waals surface area contributed by atoms with Crippen molar-refractivity contribution in [1.29, 1.82) is 0 Å². The molecule has 21 heavy (non-hydrogen) atoms. The molecule has 3 heteroatoms. The number of aryl methyl sites for hydroxylation is 2. The lowest BCUT2D eigenvalue weighted by molar-refractivity contribution is 0.485. The number of hydrogen-bond acceptors (Lipinski definition) is 2. The molecular weight excluding hydrogens is 258 g/mol. The second kappa shape index (κ2) is 7.95. The maximum Gasteiger partial charge on any atom is 0.0725 e. The molecule has 120 valence electrons. The van der Waals surface area contributed by atoms with Gasteiger partial charge in [0, 0.05) is 6.54 Å². The minimum atomic E-state index is 0.793. The lowest BCUT2D eigenvalue weighted by Gasteiger charge is -2.07. The molecule has 0 aromatic carbocycles. The summed E-state index contributed by atoms with van der Waals surface area (Å²) in [6.45, 7) is 10.4. The molecule has 1 saturated carbocycles. The van der Waals surface area contributed by atoms with Crippen LogP contribution in [0.4, 0.5) is 0 Å². The summed E-state index contributed by atoms with van der Waals surface area (Å²) < 4.78 is 2.13. The first-order valence-corrected chi connectivity index (χ1v) is 8.97. The van der Waals surface area contributed by atoms with Gasteiger partial charge in [-0.2, -0.15) is 0 Å². The van der Waals surface area contributed by atoms with Gasteiger partial charge >= 0.3 is 0 Å². The van der Waals surface area contributed by atoms with E-state index in [1.807, 2.05) is 6.20 Å². The monoisotopic (exact) mass is 291 g/mol. The van der Waals surface area contributed by atoms with E-state index in [1.165, 1.54) is 44.2 Å². The van der Waals surface area contributed by atoms with E-state index in [2.05, 4.69) is 42.7 Å². The van der Waals surface area contributed by atoms with Crippen molar-refractivity contribution in [1.82, 2.24) is 15.0 Å². The molecule has 0 aliphatic heterocycles. The quantitative estimate of drug-likeness (QED) is 0.584. The van der Waals surface area contributed by atoms with E-state index in [-0.39, 0.29) is 0 Å². The molecule has 0 bridgehead atoms. The maximum absolute atomic E-state index is 4.25. The number of rotatable bonds is 10. The van der Waals surface area contributed by atoms with Gasteiger partial charge in [0.1, 0.15) is 0 Å². The summed E-state index contributed by atoms with van der Waals surface area (Å²) in [4.78, 5) is 0. The van der Waals surface area contributed by atoms with Gasteiger partial charge in [-0.05, 0) is 49.4 Å². The van der Waals surface area contributed by atoms with Crippen LogP contribution in [0.1, 0.15) is 71.9 Å². The minimum absolute atomic E-state index is 0.793. The molecule has 1 heterocycles. The summed E-state index contributed by atoms with van der Waals surface area (Å²) in [5.74, 6) is 3.77. The first kappa shape index (κ1) is 16.5. The van der Waals surface area contributed by atoms with Crippen LogP contribution >= 0.6 is 0 Å². The third-order valence-electron chi connectivity index (χ3n) is 5.36. The van der Waals surface area contributed by atoms with Gasteiger partial charge in [-0.1, -0.05) is 52.2 Å². The minimum Gasteiger partial charge on any atom is -0.249 e. The predicted octanol–water partition coefficient (Wildman–Crippen LogP) is 4.72. The van der Waals surface area contributed by atoms with E-state index in [0.717, 1.165) is 36.6 Å². The van der Waals surface area contributed by atoms with Gasteiger partial charge in [-0.3, -0.25) is 0 Å². The molecule has 1 aliphatic carbocycles. The van der Waals surface area contributed by atoms with Gasteiger partial charge in [0.2, 0.25) is 0 Å². The molecule has 0 saturated heterocycles.